The molecule has 0 fully saturated rings. The van der Waals surface area contributed by atoms with Crippen LogP contribution in [-0.4, -0.2) is 16.7 Å². The molecule has 3 nitrogen and oxygen atoms in total. The topological polar surface area (TPSA) is 29.9 Å². The van der Waals surface area contributed by atoms with Crippen LogP contribution in [-0.2, 0) is 6.54 Å². The Hall–Kier alpha value is -1.55. The number of benzene rings is 1. The molecule has 0 atom stereocenters. The summed E-state index contributed by atoms with van der Waals surface area (Å²) in [5.41, 5.74) is 2.36. The molecule has 0 bridgehead atoms. The van der Waals surface area contributed by atoms with E-state index in [9.17, 15) is 0 Å². The predicted octanol–water partition coefficient (Wildman–Crippen LogP) is 2.91. The van der Waals surface area contributed by atoms with E-state index in [0.29, 0.717) is 0 Å². The molecule has 0 saturated heterocycles. The van der Waals surface area contributed by atoms with Crippen LogP contribution < -0.4 is 4.74 Å². The molecule has 2 rings (SSSR count). The first-order valence-corrected chi connectivity index (χ1v) is 5.49. The lowest BCUT2D eigenvalue weighted by Gasteiger charge is -2.07. The number of hydrogen-bond donors (Lipinski definition) is 1. The summed E-state index contributed by atoms with van der Waals surface area (Å²) in [5, 5.41) is 0. The van der Waals surface area contributed by atoms with Gasteiger partial charge in [-0.15, -0.1) is 0 Å². The van der Waals surface area contributed by atoms with Gasteiger partial charge in [-0.3, -0.25) is 0 Å². The first-order chi connectivity index (χ1) is 7.70. The van der Waals surface area contributed by atoms with Gasteiger partial charge in [-0.05, 0) is 36.3 Å². The van der Waals surface area contributed by atoms with Gasteiger partial charge in [0.1, 0.15) is 5.75 Å². The molecule has 0 aliphatic rings. The van der Waals surface area contributed by atoms with Crippen molar-refractivity contribution >= 4 is 12.2 Å². The minimum absolute atomic E-state index is 0.744. The molecule has 1 N–H and O–H groups in total. The van der Waals surface area contributed by atoms with Crippen molar-refractivity contribution in [3.05, 3.63) is 46.5 Å². The molecule has 0 unspecified atom stereocenters. The van der Waals surface area contributed by atoms with Gasteiger partial charge in [0.25, 0.3) is 0 Å². The highest BCUT2D eigenvalue weighted by atomic mass is 32.1. The van der Waals surface area contributed by atoms with Crippen molar-refractivity contribution in [3.63, 3.8) is 0 Å². The largest absolute Gasteiger partial charge is 0.496 e. The third-order valence-electron chi connectivity index (χ3n) is 2.53. The Morgan fingerprint density at radius 1 is 1.44 bits per heavy atom. The quantitative estimate of drug-likeness (QED) is 0.828. The Balaban J connectivity index is 2.26. The first kappa shape index (κ1) is 11.0. The van der Waals surface area contributed by atoms with Crippen LogP contribution in [0.4, 0.5) is 0 Å². The molecule has 0 spiro atoms. The predicted molar refractivity (Wildman–Crippen MR) is 66.4 cm³/mol. The van der Waals surface area contributed by atoms with Crippen LogP contribution in [0.2, 0.25) is 0 Å². The zero-order valence-corrected chi connectivity index (χ0v) is 10.2. The van der Waals surface area contributed by atoms with E-state index < -0.39 is 0 Å². The number of methoxy groups -OCH3 is 1. The van der Waals surface area contributed by atoms with Crippen LogP contribution in [0.15, 0.2) is 30.6 Å². The van der Waals surface area contributed by atoms with Crippen molar-refractivity contribution in [2.24, 2.45) is 0 Å². The summed E-state index contributed by atoms with van der Waals surface area (Å²) in [6.45, 7) is 2.83. The minimum Gasteiger partial charge on any atom is -0.496 e. The Bertz CT molecular complexity index is 542. The van der Waals surface area contributed by atoms with Crippen LogP contribution in [0.5, 0.6) is 5.75 Å². The highest BCUT2D eigenvalue weighted by Crippen LogP contribution is 2.19. The van der Waals surface area contributed by atoms with Crippen LogP contribution >= 0.6 is 12.2 Å². The number of aromatic nitrogens is 2. The van der Waals surface area contributed by atoms with Gasteiger partial charge >= 0.3 is 0 Å². The lowest BCUT2D eigenvalue weighted by molar-refractivity contribution is 0.411. The summed E-state index contributed by atoms with van der Waals surface area (Å²) >= 11 is 5.15. The molecule has 1 heterocycles. The highest BCUT2D eigenvalue weighted by Gasteiger charge is 2.01. The summed E-state index contributed by atoms with van der Waals surface area (Å²) in [6.07, 6.45) is 3.79. The summed E-state index contributed by atoms with van der Waals surface area (Å²) in [4.78, 5) is 2.98. The lowest BCUT2D eigenvalue weighted by atomic mass is 10.1. The van der Waals surface area contributed by atoms with Crippen molar-refractivity contribution < 1.29 is 4.74 Å². The van der Waals surface area contributed by atoms with E-state index in [1.807, 2.05) is 30.0 Å². The van der Waals surface area contributed by atoms with Gasteiger partial charge < -0.3 is 14.3 Å². The maximum absolute atomic E-state index is 5.23. The maximum atomic E-state index is 5.23. The van der Waals surface area contributed by atoms with Gasteiger partial charge in [-0.25, -0.2) is 0 Å². The standard InChI is InChI=1S/C12H14N2OS/c1-9-7-10(3-4-11(9)15-2)8-14-6-5-13-12(14)16/h3-7H,8H2,1-2H3,(H,13,16). The number of aryl methyl sites for hydroxylation is 1. The molecule has 0 aliphatic carbocycles. The van der Waals surface area contributed by atoms with Crippen LogP contribution in [0.25, 0.3) is 0 Å². The molecule has 1 aromatic heterocycles. The zero-order chi connectivity index (χ0) is 11.5. The van der Waals surface area contributed by atoms with Crippen molar-refractivity contribution in [2.75, 3.05) is 7.11 Å². The fourth-order valence-electron chi connectivity index (χ4n) is 1.71. The summed E-state index contributed by atoms with van der Waals surface area (Å²) in [5.74, 6) is 0.918. The monoisotopic (exact) mass is 234 g/mol. The van der Waals surface area contributed by atoms with Crippen molar-refractivity contribution in [1.82, 2.24) is 9.55 Å². The van der Waals surface area contributed by atoms with E-state index >= 15 is 0 Å². The number of H-pyrrole nitrogens is 1. The van der Waals surface area contributed by atoms with E-state index in [1.54, 1.807) is 7.11 Å². The average molecular weight is 234 g/mol. The molecule has 0 radical (unpaired) electrons. The van der Waals surface area contributed by atoms with Crippen molar-refractivity contribution in [1.29, 1.82) is 0 Å². The Kier molecular flexibility index (Phi) is 3.10. The number of nitrogens with one attached hydrogen (secondary N) is 1. The fourth-order valence-corrected chi connectivity index (χ4v) is 1.90. The zero-order valence-electron chi connectivity index (χ0n) is 9.36. The SMILES string of the molecule is COc1ccc(Cn2cc[nH]c2=S)cc1C. The Morgan fingerprint density at radius 2 is 2.25 bits per heavy atom. The number of rotatable bonds is 3. The van der Waals surface area contributed by atoms with Gasteiger partial charge in [0.15, 0.2) is 4.77 Å². The fraction of sp³-hybridized carbons (Fsp3) is 0.250. The van der Waals surface area contributed by atoms with E-state index in [0.717, 1.165) is 22.6 Å². The van der Waals surface area contributed by atoms with Crippen LogP contribution in [0.3, 0.4) is 0 Å². The van der Waals surface area contributed by atoms with Crippen LogP contribution in [0.1, 0.15) is 11.1 Å². The second-order valence-electron chi connectivity index (χ2n) is 3.70. The molecular formula is C12H14N2OS. The lowest BCUT2D eigenvalue weighted by Crippen LogP contribution is -1.99. The molecule has 0 aliphatic heterocycles. The minimum atomic E-state index is 0.744. The number of hydrogen-bond acceptors (Lipinski definition) is 2. The van der Waals surface area contributed by atoms with Gasteiger partial charge in [-0.1, -0.05) is 12.1 Å². The normalized spacial score (nSPS) is 10.4. The smallest absolute Gasteiger partial charge is 0.177 e. The molecule has 2 aromatic rings. The Morgan fingerprint density at radius 3 is 2.81 bits per heavy atom. The van der Waals surface area contributed by atoms with E-state index in [2.05, 4.69) is 17.1 Å². The van der Waals surface area contributed by atoms with Crippen molar-refractivity contribution in [3.8, 4) is 5.75 Å². The first-order valence-electron chi connectivity index (χ1n) is 5.08. The summed E-state index contributed by atoms with van der Waals surface area (Å²) < 4.78 is 7.97. The van der Waals surface area contributed by atoms with Crippen LogP contribution in [0, 0.1) is 11.7 Å². The summed E-state index contributed by atoms with van der Waals surface area (Å²) in [7, 11) is 1.68. The molecular weight excluding hydrogens is 220 g/mol. The molecule has 84 valence electrons. The van der Waals surface area contributed by atoms with E-state index in [-0.39, 0.29) is 0 Å². The second-order valence-corrected chi connectivity index (χ2v) is 4.08. The highest BCUT2D eigenvalue weighted by molar-refractivity contribution is 7.71. The van der Waals surface area contributed by atoms with Crippen molar-refractivity contribution in [2.45, 2.75) is 13.5 Å². The Labute approximate surface area is 99.7 Å². The molecule has 4 heteroatoms. The van der Waals surface area contributed by atoms with E-state index in [4.69, 9.17) is 17.0 Å². The molecule has 16 heavy (non-hydrogen) atoms. The molecule has 0 saturated carbocycles. The third-order valence-corrected chi connectivity index (χ3v) is 2.89. The maximum Gasteiger partial charge on any atom is 0.177 e. The van der Waals surface area contributed by atoms with Gasteiger partial charge in [-0.2, -0.15) is 0 Å². The number of ether oxygens (including phenoxy) is 1. The second kappa shape index (κ2) is 4.53. The summed E-state index contributed by atoms with van der Waals surface area (Å²) in [6, 6.07) is 6.16. The number of nitrogens with zero attached hydrogens (tertiary/aromatic N) is 1. The average Bonchev–Trinajstić information content (AvgIpc) is 2.65. The third kappa shape index (κ3) is 2.17. The van der Waals surface area contributed by atoms with Gasteiger partial charge in [0, 0.05) is 18.9 Å². The van der Waals surface area contributed by atoms with Gasteiger partial charge in [0.2, 0.25) is 0 Å². The van der Waals surface area contributed by atoms with E-state index in [1.165, 1.54) is 5.56 Å². The number of aromatic amines is 1. The number of imidazole rings is 1. The molecule has 0 amide bonds. The molecule has 1 aromatic carbocycles. The van der Waals surface area contributed by atoms with Gasteiger partial charge in [0.05, 0.1) is 7.11 Å².